The molecule has 0 N–H and O–H groups in total. The number of halogens is 1. The predicted molar refractivity (Wildman–Crippen MR) is 99.3 cm³/mol. The molecule has 0 radical (unpaired) electrons. The molecule has 130 valence electrons. The van der Waals surface area contributed by atoms with Gasteiger partial charge in [0.15, 0.2) is 0 Å². The van der Waals surface area contributed by atoms with Gasteiger partial charge in [0.25, 0.3) is 0 Å². The fraction of sp³-hybridized carbons (Fsp3) is 0. The van der Waals surface area contributed by atoms with E-state index in [-0.39, 0.29) is 16.2 Å². The van der Waals surface area contributed by atoms with Gasteiger partial charge in [-0.3, -0.25) is 0 Å². The highest BCUT2D eigenvalue weighted by Gasteiger charge is 2.17. The Morgan fingerprint density at radius 2 is 1.54 bits per heavy atom. The molecule has 0 spiro atoms. The van der Waals surface area contributed by atoms with E-state index in [0.29, 0.717) is 15.8 Å². The molecule has 3 aromatic carbocycles. The van der Waals surface area contributed by atoms with Gasteiger partial charge in [-0.25, -0.2) is 4.79 Å². The highest BCUT2D eigenvalue weighted by molar-refractivity contribution is 7.87. The maximum absolute atomic E-state index is 12.4. The van der Waals surface area contributed by atoms with Crippen LogP contribution in [0.25, 0.3) is 21.7 Å². The molecule has 0 aliphatic carbocycles. The van der Waals surface area contributed by atoms with Gasteiger partial charge >= 0.3 is 15.7 Å². The zero-order valence-electron chi connectivity index (χ0n) is 13.2. The molecule has 5 nitrogen and oxygen atoms in total. The minimum Gasteiger partial charge on any atom is -0.422 e. The minimum absolute atomic E-state index is 0.0260. The van der Waals surface area contributed by atoms with Crippen LogP contribution in [0.15, 0.2) is 80.8 Å². The lowest BCUT2D eigenvalue weighted by Crippen LogP contribution is -2.09. The molecule has 0 saturated carbocycles. The van der Waals surface area contributed by atoms with Crippen molar-refractivity contribution in [1.82, 2.24) is 0 Å². The van der Waals surface area contributed by atoms with E-state index in [1.165, 1.54) is 36.4 Å². The second-order valence-electron chi connectivity index (χ2n) is 5.58. The quantitative estimate of drug-likeness (QED) is 0.297. The molecule has 0 aliphatic rings. The summed E-state index contributed by atoms with van der Waals surface area (Å²) >= 11 is 5.77. The first-order valence-electron chi connectivity index (χ1n) is 7.60. The van der Waals surface area contributed by atoms with Gasteiger partial charge < -0.3 is 8.60 Å². The van der Waals surface area contributed by atoms with Crippen LogP contribution >= 0.6 is 11.6 Å². The minimum atomic E-state index is -4.03. The number of hydrogen-bond donors (Lipinski definition) is 0. The SMILES string of the molecule is O=c1oc2cc(OS(=O)(=O)c3ccc(Cl)cc3)ccc2c2ccccc12. The number of fused-ring (bicyclic) bond motifs is 3. The lowest BCUT2D eigenvalue weighted by atomic mass is 10.1. The van der Waals surface area contributed by atoms with Crippen molar-refractivity contribution in [2.24, 2.45) is 0 Å². The summed E-state index contributed by atoms with van der Waals surface area (Å²) in [5.74, 6) is 0.0471. The summed E-state index contributed by atoms with van der Waals surface area (Å²) in [6.07, 6.45) is 0. The van der Waals surface area contributed by atoms with Gasteiger partial charge in [-0.15, -0.1) is 0 Å². The molecule has 0 unspecified atom stereocenters. The molecular weight excluding hydrogens is 376 g/mol. The Kier molecular flexibility index (Phi) is 3.94. The van der Waals surface area contributed by atoms with Gasteiger partial charge in [0, 0.05) is 16.5 Å². The van der Waals surface area contributed by atoms with Gasteiger partial charge in [0.1, 0.15) is 16.2 Å². The van der Waals surface area contributed by atoms with E-state index < -0.39 is 15.7 Å². The van der Waals surface area contributed by atoms with Crippen LogP contribution in [0.1, 0.15) is 0 Å². The zero-order chi connectivity index (χ0) is 18.3. The van der Waals surface area contributed by atoms with Crippen LogP contribution in [-0.2, 0) is 10.1 Å². The molecule has 0 atom stereocenters. The Morgan fingerprint density at radius 1 is 0.846 bits per heavy atom. The summed E-state index contributed by atoms with van der Waals surface area (Å²) in [5.41, 5.74) is -0.247. The molecule has 7 heteroatoms. The third-order valence-corrected chi connectivity index (χ3v) is 5.41. The largest absolute Gasteiger partial charge is 0.422 e. The first-order valence-corrected chi connectivity index (χ1v) is 9.38. The van der Waals surface area contributed by atoms with Crippen LogP contribution in [0, 0.1) is 0 Å². The Labute approximate surface area is 153 Å². The molecule has 1 aromatic heterocycles. The fourth-order valence-corrected chi connectivity index (χ4v) is 3.74. The summed E-state index contributed by atoms with van der Waals surface area (Å²) in [5, 5.41) is 2.30. The summed E-state index contributed by atoms with van der Waals surface area (Å²) in [6.45, 7) is 0. The average Bonchev–Trinajstić information content (AvgIpc) is 2.62. The number of rotatable bonds is 3. The van der Waals surface area contributed by atoms with Gasteiger partial charge in [-0.1, -0.05) is 29.8 Å². The van der Waals surface area contributed by atoms with E-state index in [0.717, 1.165) is 5.39 Å². The van der Waals surface area contributed by atoms with Crippen LogP contribution in [0.4, 0.5) is 0 Å². The second-order valence-corrected chi connectivity index (χ2v) is 7.57. The molecule has 26 heavy (non-hydrogen) atoms. The fourth-order valence-electron chi connectivity index (χ4n) is 2.69. The molecule has 0 saturated heterocycles. The first kappa shape index (κ1) is 16.6. The number of hydrogen-bond acceptors (Lipinski definition) is 5. The molecule has 0 fully saturated rings. The normalized spacial score (nSPS) is 11.7. The lowest BCUT2D eigenvalue weighted by Gasteiger charge is -2.08. The van der Waals surface area contributed by atoms with Crippen molar-refractivity contribution in [2.45, 2.75) is 4.90 Å². The molecule has 4 aromatic rings. The Balaban J connectivity index is 1.79. The summed E-state index contributed by atoms with van der Waals surface area (Å²) in [7, 11) is -4.03. The Bertz CT molecular complexity index is 1290. The average molecular weight is 387 g/mol. The van der Waals surface area contributed by atoms with Crippen molar-refractivity contribution in [3.05, 3.63) is 82.2 Å². The van der Waals surface area contributed by atoms with Gasteiger partial charge in [0.2, 0.25) is 0 Å². The van der Waals surface area contributed by atoms with Gasteiger partial charge in [-0.05, 0) is 47.9 Å². The van der Waals surface area contributed by atoms with Crippen molar-refractivity contribution in [2.75, 3.05) is 0 Å². The van der Waals surface area contributed by atoms with E-state index in [1.807, 2.05) is 6.07 Å². The highest BCUT2D eigenvalue weighted by Crippen LogP contribution is 2.28. The standard InChI is InChI=1S/C19H11ClO5S/c20-12-5-8-14(9-6-12)26(22,23)25-13-7-10-16-15-3-1-2-4-17(15)19(21)24-18(16)11-13/h1-11H. The summed E-state index contributed by atoms with van der Waals surface area (Å²) in [4.78, 5) is 12.1. The van der Waals surface area contributed by atoms with Crippen LogP contribution in [0.5, 0.6) is 5.75 Å². The van der Waals surface area contributed by atoms with Gasteiger partial charge in [-0.2, -0.15) is 8.42 Å². The predicted octanol–water partition coefficient (Wildman–Crippen LogP) is 4.37. The maximum atomic E-state index is 12.4. The van der Waals surface area contributed by atoms with Crippen LogP contribution in [0.2, 0.25) is 5.02 Å². The zero-order valence-corrected chi connectivity index (χ0v) is 14.8. The Hall–Kier alpha value is -2.83. The van der Waals surface area contributed by atoms with E-state index >= 15 is 0 Å². The van der Waals surface area contributed by atoms with Crippen LogP contribution in [-0.4, -0.2) is 8.42 Å². The topological polar surface area (TPSA) is 73.6 Å². The summed E-state index contributed by atoms with van der Waals surface area (Å²) in [6, 6.07) is 17.2. The first-order chi connectivity index (χ1) is 12.4. The van der Waals surface area contributed by atoms with Crippen molar-refractivity contribution in [3.8, 4) is 5.75 Å². The van der Waals surface area contributed by atoms with Crippen molar-refractivity contribution >= 4 is 43.5 Å². The molecule has 0 aliphatic heterocycles. The smallest absolute Gasteiger partial charge is 0.344 e. The van der Waals surface area contributed by atoms with Crippen molar-refractivity contribution in [3.63, 3.8) is 0 Å². The van der Waals surface area contributed by atoms with E-state index in [1.54, 1.807) is 24.3 Å². The van der Waals surface area contributed by atoms with Crippen molar-refractivity contribution < 1.29 is 17.0 Å². The second kappa shape index (κ2) is 6.16. The van der Waals surface area contributed by atoms with Crippen LogP contribution in [0.3, 0.4) is 0 Å². The molecular formula is C19H11ClO5S. The van der Waals surface area contributed by atoms with E-state index in [2.05, 4.69) is 0 Å². The monoisotopic (exact) mass is 386 g/mol. The van der Waals surface area contributed by atoms with E-state index in [9.17, 15) is 13.2 Å². The summed E-state index contributed by atoms with van der Waals surface area (Å²) < 4.78 is 35.2. The maximum Gasteiger partial charge on any atom is 0.344 e. The lowest BCUT2D eigenvalue weighted by molar-refractivity contribution is 0.485. The number of benzene rings is 3. The molecule has 0 bridgehead atoms. The molecule has 0 amide bonds. The third-order valence-electron chi connectivity index (χ3n) is 3.90. The highest BCUT2D eigenvalue weighted by atomic mass is 35.5. The van der Waals surface area contributed by atoms with Crippen LogP contribution < -0.4 is 9.81 Å². The molecule has 4 rings (SSSR count). The van der Waals surface area contributed by atoms with Gasteiger partial charge in [0.05, 0.1) is 5.39 Å². The Morgan fingerprint density at radius 3 is 2.27 bits per heavy atom. The van der Waals surface area contributed by atoms with Crippen molar-refractivity contribution in [1.29, 1.82) is 0 Å². The van der Waals surface area contributed by atoms with E-state index in [4.69, 9.17) is 20.2 Å². The third kappa shape index (κ3) is 2.94. The molecule has 1 heterocycles.